The zero-order valence-corrected chi connectivity index (χ0v) is 63.1. The van der Waals surface area contributed by atoms with Crippen LogP contribution in [0.2, 0.25) is 0 Å². The smallest absolute Gasteiger partial charge is 0.462 e. The van der Waals surface area contributed by atoms with Gasteiger partial charge in [0.05, 0.1) is 26.4 Å². The van der Waals surface area contributed by atoms with Crippen molar-refractivity contribution in [3.8, 4) is 0 Å². The number of phosphoric acid groups is 2. The maximum atomic E-state index is 13.1. The second-order valence-electron chi connectivity index (χ2n) is 27.5. The molecule has 0 spiro atoms. The fraction of sp³-hybridized carbons (Fsp3) is 0.947. The van der Waals surface area contributed by atoms with E-state index in [9.17, 15) is 43.2 Å². The van der Waals surface area contributed by atoms with Crippen molar-refractivity contribution in [1.82, 2.24) is 0 Å². The molecule has 3 N–H and O–H groups in total. The lowest BCUT2D eigenvalue weighted by molar-refractivity contribution is -0.161. The first kappa shape index (κ1) is 92.1. The first-order valence-corrected chi connectivity index (χ1v) is 42.1. The van der Waals surface area contributed by atoms with Crippen molar-refractivity contribution in [2.45, 2.75) is 407 Å². The molecule has 17 nitrogen and oxygen atoms in total. The zero-order valence-electron chi connectivity index (χ0n) is 61.3. The summed E-state index contributed by atoms with van der Waals surface area (Å²) in [4.78, 5) is 72.8. The van der Waals surface area contributed by atoms with Gasteiger partial charge in [-0.15, -0.1) is 0 Å². The van der Waals surface area contributed by atoms with Gasteiger partial charge in [0.2, 0.25) is 0 Å². The minimum Gasteiger partial charge on any atom is -0.462 e. The van der Waals surface area contributed by atoms with E-state index < -0.39 is 97.5 Å². The van der Waals surface area contributed by atoms with Gasteiger partial charge in [-0.25, -0.2) is 9.13 Å². The molecule has 0 saturated carbocycles. The van der Waals surface area contributed by atoms with Gasteiger partial charge < -0.3 is 33.8 Å². The molecule has 558 valence electrons. The number of hydrogen-bond acceptors (Lipinski definition) is 15. The number of hydrogen-bond donors (Lipinski definition) is 3. The van der Waals surface area contributed by atoms with Gasteiger partial charge in [0.1, 0.15) is 19.3 Å². The van der Waals surface area contributed by atoms with E-state index in [4.69, 9.17) is 37.0 Å². The van der Waals surface area contributed by atoms with Gasteiger partial charge in [0.25, 0.3) is 0 Å². The third-order valence-corrected chi connectivity index (χ3v) is 20.1. The number of aliphatic hydroxyl groups excluding tert-OH is 1. The van der Waals surface area contributed by atoms with E-state index in [0.29, 0.717) is 25.7 Å². The summed E-state index contributed by atoms with van der Waals surface area (Å²) in [6.07, 6.45) is 53.9. The van der Waals surface area contributed by atoms with Crippen LogP contribution in [0.4, 0.5) is 0 Å². The van der Waals surface area contributed by atoms with Crippen LogP contribution in [0.3, 0.4) is 0 Å². The Bertz CT molecular complexity index is 1820. The summed E-state index contributed by atoms with van der Waals surface area (Å²) < 4.78 is 68.5. The summed E-state index contributed by atoms with van der Waals surface area (Å²) in [5, 5.41) is 10.6. The molecule has 7 atom stereocenters. The Labute approximate surface area is 575 Å². The highest BCUT2D eigenvalue weighted by Gasteiger charge is 2.30. The molecule has 0 aliphatic heterocycles. The predicted molar refractivity (Wildman–Crippen MR) is 381 cm³/mol. The maximum Gasteiger partial charge on any atom is 0.472 e. The zero-order chi connectivity index (χ0) is 69.3. The molecule has 0 aliphatic rings. The van der Waals surface area contributed by atoms with Gasteiger partial charge in [-0.3, -0.25) is 37.3 Å². The molecule has 4 unspecified atom stereocenters. The van der Waals surface area contributed by atoms with E-state index >= 15 is 0 Å². The minimum atomic E-state index is -4.96. The topological polar surface area (TPSA) is 237 Å². The van der Waals surface area contributed by atoms with E-state index in [1.54, 1.807) is 0 Å². The Hall–Kier alpha value is -1.94. The summed E-state index contributed by atoms with van der Waals surface area (Å²) in [7, 11) is -9.91. The lowest BCUT2D eigenvalue weighted by Gasteiger charge is -2.21. The maximum absolute atomic E-state index is 13.1. The van der Waals surface area contributed by atoms with Gasteiger partial charge in [-0.2, -0.15) is 0 Å². The van der Waals surface area contributed by atoms with Gasteiger partial charge >= 0.3 is 39.5 Å². The fourth-order valence-corrected chi connectivity index (χ4v) is 13.0. The molecule has 19 heteroatoms. The number of unbranched alkanes of at least 4 members (excludes halogenated alkanes) is 42. The highest BCUT2D eigenvalue weighted by Crippen LogP contribution is 2.45. The summed E-state index contributed by atoms with van der Waals surface area (Å²) >= 11 is 0. The molecule has 0 aromatic carbocycles. The summed E-state index contributed by atoms with van der Waals surface area (Å²) in [6.45, 7) is 9.61. The van der Waals surface area contributed by atoms with E-state index in [1.165, 1.54) is 205 Å². The third-order valence-electron chi connectivity index (χ3n) is 18.2. The standard InChI is InChI=1S/C75H146O17P2/c1-7-11-13-15-17-19-21-22-23-24-25-26-28-34-41-47-53-59-74(79)91-70(63-86-73(78)58-52-46-40-33-30-29-31-37-43-49-55-67(5)9-3)65-89-93(81,82)87-61-69(76)62-88-94(83,84)90-66-71(64-85-72(77)57-51-45-39-32-27-20-18-16-14-12-8-2)92-75(80)60-54-48-42-36-35-38-44-50-56-68(6)10-4/h67-71,76H,7-66H2,1-6H3,(H,81,82)(H,83,84)/t67?,68?,69-,70-,71-/m1/s1. The average molecular weight is 1380 g/mol. The normalized spacial score (nSPS) is 14.6. The van der Waals surface area contributed by atoms with Crippen molar-refractivity contribution < 1.29 is 80.2 Å². The van der Waals surface area contributed by atoms with Crippen LogP contribution in [0.1, 0.15) is 388 Å². The molecular weight excluding hydrogens is 1230 g/mol. The van der Waals surface area contributed by atoms with Crippen LogP contribution in [-0.4, -0.2) is 96.7 Å². The first-order valence-electron chi connectivity index (χ1n) is 39.1. The molecule has 0 aliphatic carbocycles. The quantitative estimate of drug-likeness (QED) is 0.0222. The second-order valence-corrected chi connectivity index (χ2v) is 30.4. The average Bonchev–Trinajstić information content (AvgIpc) is 1.29. The summed E-state index contributed by atoms with van der Waals surface area (Å²) in [6, 6.07) is 0. The molecule has 0 rings (SSSR count). The highest BCUT2D eigenvalue weighted by atomic mass is 31.2. The molecule has 0 heterocycles. The van der Waals surface area contributed by atoms with Crippen molar-refractivity contribution in [2.75, 3.05) is 39.6 Å². The van der Waals surface area contributed by atoms with E-state index in [2.05, 4.69) is 41.5 Å². The van der Waals surface area contributed by atoms with Gasteiger partial charge in [0, 0.05) is 25.7 Å². The van der Waals surface area contributed by atoms with Crippen molar-refractivity contribution >= 4 is 39.5 Å². The minimum absolute atomic E-state index is 0.105. The number of ether oxygens (including phenoxy) is 4. The van der Waals surface area contributed by atoms with Crippen molar-refractivity contribution in [3.05, 3.63) is 0 Å². The second kappa shape index (κ2) is 66.9. The Morgan fingerprint density at radius 1 is 0.298 bits per heavy atom. The lowest BCUT2D eigenvalue weighted by atomic mass is 9.99. The summed E-state index contributed by atoms with van der Waals surface area (Å²) in [5.74, 6) is -0.537. The molecular formula is C75H146O17P2. The molecule has 0 aromatic rings. The third kappa shape index (κ3) is 66.0. The van der Waals surface area contributed by atoms with Crippen LogP contribution in [0, 0.1) is 11.8 Å². The molecule has 94 heavy (non-hydrogen) atoms. The molecule has 0 amide bonds. The number of carbonyl (C=O) groups is 4. The number of esters is 4. The van der Waals surface area contributed by atoms with Crippen LogP contribution in [0.15, 0.2) is 0 Å². The number of rotatable bonds is 74. The van der Waals surface area contributed by atoms with Gasteiger partial charge in [-0.1, -0.05) is 337 Å². The van der Waals surface area contributed by atoms with Crippen molar-refractivity contribution in [2.24, 2.45) is 11.8 Å². The van der Waals surface area contributed by atoms with Crippen molar-refractivity contribution in [1.29, 1.82) is 0 Å². The molecule has 0 bridgehead atoms. The Balaban J connectivity index is 5.26. The Kier molecular flexibility index (Phi) is 65.5. The van der Waals surface area contributed by atoms with E-state index in [1.807, 2.05) is 0 Å². The Morgan fingerprint density at radius 3 is 0.755 bits per heavy atom. The largest absolute Gasteiger partial charge is 0.472 e. The number of carbonyl (C=O) groups excluding carboxylic acids is 4. The first-order chi connectivity index (χ1) is 45.4. The van der Waals surface area contributed by atoms with Crippen LogP contribution in [0.5, 0.6) is 0 Å². The van der Waals surface area contributed by atoms with Crippen molar-refractivity contribution in [3.63, 3.8) is 0 Å². The Morgan fingerprint density at radius 2 is 0.511 bits per heavy atom. The molecule has 0 aromatic heterocycles. The number of phosphoric ester groups is 2. The van der Waals surface area contributed by atoms with Gasteiger partial charge in [-0.05, 0) is 37.5 Å². The predicted octanol–water partition coefficient (Wildman–Crippen LogP) is 21.9. The monoisotopic (exact) mass is 1380 g/mol. The molecule has 0 fully saturated rings. The fourth-order valence-electron chi connectivity index (χ4n) is 11.4. The number of aliphatic hydroxyl groups is 1. The van der Waals surface area contributed by atoms with E-state index in [-0.39, 0.29) is 25.7 Å². The highest BCUT2D eigenvalue weighted by molar-refractivity contribution is 7.47. The molecule has 0 radical (unpaired) electrons. The van der Waals surface area contributed by atoms with Crippen LogP contribution in [0.25, 0.3) is 0 Å². The van der Waals surface area contributed by atoms with Crippen LogP contribution < -0.4 is 0 Å². The summed E-state index contributed by atoms with van der Waals surface area (Å²) in [5.41, 5.74) is 0. The van der Waals surface area contributed by atoms with Crippen LogP contribution in [-0.2, 0) is 65.4 Å². The van der Waals surface area contributed by atoms with Gasteiger partial charge in [0.15, 0.2) is 12.2 Å². The van der Waals surface area contributed by atoms with Crippen LogP contribution >= 0.6 is 15.6 Å². The molecule has 0 saturated heterocycles. The van der Waals surface area contributed by atoms with E-state index in [0.717, 1.165) is 102 Å². The SMILES string of the molecule is CCCCCCCCCCCCCCCCCCCC(=O)O[C@H](COC(=O)CCCCCCCCCCCCC(C)CC)COP(=O)(O)OC[C@@H](O)COP(=O)(O)OC[C@@H](COC(=O)CCCCCCCCCCCCC)OC(=O)CCCCCCCCCCC(C)CC. The lowest BCUT2D eigenvalue weighted by Crippen LogP contribution is -2.30.